The second kappa shape index (κ2) is 22.2. The van der Waals surface area contributed by atoms with Crippen LogP contribution in [0, 0.1) is 46.8 Å². The molecule has 52 heavy (non-hydrogen) atoms. The Morgan fingerprint density at radius 3 is 2.08 bits per heavy atom. The van der Waals surface area contributed by atoms with Gasteiger partial charge in [0, 0.05) is 43.5 Å². The number of carbonyl (C=O) groups excluding carboxylic acids is 1. The standard InChI is InChI=1S/C32H56N4O.C12H19N.C2H6/c1-11-21(3)28-27-23(5)25(27)20-36(28)30(37)29(32(10)18-14-13-15-19-32)35-24(6)34-26(31(7,8)9)17-16-22(4)33-12-2;1-6-8-9-10(3)11(4)12(5)13-7-2;1-2/h23,25-29,33-35H,3-4,6,11-20H2,1-2,5,7-10H3;1,10,13H,4-5,7-9H2,2-3H3;1-2H3/t23?,25-,26?,27+,28?,29?;;/m1../s1. The molecular weight excluding hydrogens is 639 g/mol. The monoisotopic (exact) mass is 720 g/mol. The number of nitrogens with one attached hydrogen (secondary N) is 4. The molecule has 1 saturated heterocycles. The Bertz CT molecular complexity index is 1230. The van der Waals surface area contributed by atoms with Crippen LogP contribution in [0.2, 0.25) is 0 Å². The number of fused-ring (bicyclic) bond motifs is 1. The molecule has 1 heterocycles. The lowest BCUT2D eigenvalue weighted by molar-refractivity contribution is -0.138. The van der Waals surface area contributed by atoms with Crippen molar-refractivity contribution in [1.82, 2.24) is 26.2 Å². The lowest BCUT2D eigenvalue weighted by atomic mass is 9.70. The number of likely N-dealkylation sites (N-methyl/N-ethyl adjacent to an activating group) is 1. The van der Waals surface area contributed by atoms with Gasteiger partial charge in [0.25, 0.3) is 0 Å². The Balaban J connectivity index is 0.000000761. The summed E-state index contributed by atoms with van der Waals surface area (Å²) in [5.41, 5.74) is 4.26. The van der Waals surface area contributed by atoms with Crippen molar-refractivity contribution in [3.05, 3.63) is 61.3 Å². The average Bonchev–Trinajstić information content (AvgIpc) is 3.53. The number of nitrogens with zero attached hydrogens (tertiary/aromatic N) is 1. The molecule has 0 aromatic rings. The molecule has 7 atom stereocenters. The number of piperidine rings is 1. The quantitative estimate of drug-likeness (QED) is 0.0608. The topological polar surface area (TPSA) is 68.4 Å². The van der Waals surface area contributed by atoms with Crippen LogP contribution in [0.1, 0.15) is 140 Å². The number of amides is 1. The molecule has 3 fully saturated rings. The summed E-state index contributed by atoms with van der Waals surface area (Å²) in [4.78, 5) is 16.6. The molecule has 296 valence electrons. The number of likely N-dealkylation sites (tertiary alicyclic amines) is 1. The fourth-order valence-corrected chi connectivity index (χ4v) is 8.12. The fraction of sp³-hybridized carbons (Fsp3) is 0.717. The molecule has 6 heteroatoms. The van der Waals surface area contributed by atoms with Crippen molar-refractivity contribution in [3.63, 3.8) is 0 Å². The second-order valence-corrected chi connectivity index (χ2v) is 16.7. The van der Waals surface area contributed by atoms with E-state index < -0.39 is 0 Å². The maximum atomic E-state index is 14.4. The zero-order chi connectivity index (χ0) is 39.8. The maximum absolute atomic E-state index is 14.4. The highest BCUT2D eigenvalue weighted by atomic mass is 16.2. The predicted octanol–water partition coefficient (Wildman–Crippen LogP) is 10.1. The number of allylic oxidation sites excluding steroid dienone is 2. The van der Waals surface area contributed by atoms with Gasteiger partial charge in [0.15, 0.2) is 0 Å². The van der Waals surface area contributed by atoms with E-state index in [1.54, 1.807) is 0 Å². The number of carbonyl (C=O) groups is 1. The van der Waals surface area contributed by atoms with Crippen LogP contribution in [0.3, 0.4) is 0 Å². The van der Waals surface area contributed by atoms with Gasteiger partial charge in [-0.3, -0.25) is 4.79 Å². The van der Waals surface area contributed by atoms with Crippen LogP contribution in [0.25, 0.3) is 0 Å². The van der Waals surface area contributed by atoms with E-state index in [4.69, 9.17) is 6.42 Å². The molecule has 0 radical (unpaired) electrons. The molecule has 4 N–H and O–H groups in total. The van der Waals surface area contributed by atoms with Crippen molar-refractivity contribution in [3.8, 4) is 12.3 Å². The highest BCUT2D eigenvalue weighted by Gasteiger charge is 2.61. The normalized spacial score (nSPS) is 22.9. The molecule has 1 amide bonds. The third-order valence-electron chi connectivity index (χ3n) is 11.8. The van der Waals surface area contributed by atoms with Crippen molar-refractivity contribution in [2.45, 2.75) is 158 Å². The first-order chi connectivity index (χ1) is 24.5. The summed E-state index contributed by atoms with van der Waals surface area (Å²) < 4.78 is 0. The van der Waals surface area contributed by atoms with Gasteiger partial charge >= 0.3 is 0 Å². The van der Waals surface area contributed by atoms with Crippen LogP contribution in [-0.4, -0.2) is 48.6 Å². The minimum absolute atomic E-state index is 0.0433. The van der Waals surface area contributed by atoms with Gasteiger partial charge in [-0.15, -0.1) is 12.3 Å². The fourth-order valence-electron chi connectivity index (χ4n) is 8.12. The van der Waals surface area contributed by atoms with E-state index in [0.29, 0.717) is 23.7 Å². The molecule has 6 nitrogen and oxygen atoms in total. The molecule has 1 aliphatic heterocycles. The second-order valence-electron chi connectivity index (χ2n) is 16.7. The lowest BCUT2D eigenvalue weighted by Crippen LogP contribution is -2.58. The van der Waals surface area contributed by atoms with Crippen molar-refractivity contribution in [2.75, 3.05) is 19.6 Å². The number of hydrogen-bond acceptors (Lipinski definition) is 5. The first kappa shape index (κ1) is 47.0. The van der Waals surface area contributed by atoms with Gasteiger partial charge in [-0.2, -0.15) is 0 Å². The van der Waals surface area contributed by atoms with Crippen LogP contribution < -0.4 is 21.3 Å². The molecule has 5 unspecified atom stereocenters. The van der Waals surface area contributed by atoms with Gasteiger partial charge in [0.1, 0.15) is 6.04 Å². The highest BCUT2D eigenvalue weighted by molar-refractivity contribution is 5.84. The first-order valence-electron chi connectivity index (χ1n) is 20.6. The van der Waals surface area contributed by atoms with Gasteiger partial charge in [-0.05, 0) is 92.4 Å². The van der Waals surface area contributed by atoms with E-state index in [1.165, 1.54) is 24.8 Å². The molecule has 0 spiro atoms. The zero-order valence-electron chi connectivity index (χ0n) is 35.7. The highest BCUT2D eigenvalue weighted by Crippen LogP contribution is 2.57. The maximum Gasteiger partial charge on any atom is 0.246 e. The summed E-state index contributed by atoms with van der Waals surface area (Å²) in [6.07, 6.45) is 15.6. The Morgan fingerprint density at radius 1 is 0.962 bits per heavy atom. The van der Waals surface area contributed by atoms with Gasteiger partial charge in [-0.1, -0.05) is 120 Å². The molecule has 0 aromatic carbocycles. The predicted molar refractivity (Wildman–Crippen MR) is 227 cm³/mol. The minimum Gasteiger partial charge on any atom is -0.389 e. The number of terminal acetylenes is 1. The molecule has 2 saturated carbocycles. The van der Waals surface area contributed by atoms with Crippen molar-refractivity contribution >= 4 is 5.91 Å². The molecule has 0 bridgehead atoms. The third-order valence-corrected chi connectivity index (χ3v) is 11.8. The molecule has 3 rings (SSSR count). The summed E-state index contributed by atoms with van der Waals surface area (Å²) in [5, 5.41) is 13.9. The number of hydrogen-bond donors (Lipinski definition) is 4. The van der Waals surface area contributed by atoms with Crippen LogP contribution in [0.15, 0.2) is 61.3 Å². The largest absolute Gasteiger partial charge is 0.389 e. The summed E-state index contributed by atoms with van der Waals surface area (Å²) in [5.74, 6) is 6.00. The molecule has 0 aromatic heterocycles. The summed E-state index contributed by atoms with van der Waals surface area (Å²) in [6, 6.07) is 0.130. The Labute approximate surface area is 322 Å². The van der Waals surface area contributed by atoms with E-state index >= 15 is 0 Å². The zero-order valence-corrected chi connectivity index (χ0v) is 35.7. The van der Waals surface area contributed by atoms with E-state index in [0.717, 1.165) is 87.4 Å². The minimum atomic E-state index is -0.273. The van der Waals surface area contributed by atoms with Crippen LogP contribution in [0.5, 0.6) is 0 Å². The lowest BCUT2D eigenvalue weighted by Gasteiger charge is -2.44. The molecular formula is C46H81N5O. The van der Waals surface area contributed by atoms with Crippen LogP contribution in [0.4, 0.5) is 0 Å². The van der Waals surface area contributed by atoms with Crippen molar-refractivity contribution in [2.24, 2.45) is 34.5 Å². The van der Waals surface area contributed by atoms with E-state index in [1.807, 2.05) is 20.8 Å². The van der Waals surface area contributed by atoms with Gasteiger partial charge < -0.3 is 26.2 Å². The summed E-state index contributed by atoms with van der Waals surface area (Å²) in [6.45, 7) is 47.4. The van der Waals surface area contributed by atoms with Crippen molar-refractivity contribution < 1.29 is 4.79 Å². The van der Waals surface area contributed by atoms with Gasteiger partial charge in [0.05, 0.1) is 11.9 Å². The van der Waals surface area contributed by atoms with Gasteiger partial charge in [0.2, 0.25) is 5.91 Å². The van der Waals surface area contributed by atoms with Crippen molar-refractivity contribution in [1.29, 1.82) is 0 Å². The van der Waals surface area contributed by atoms with Crippen LogP contribution >= 0.6 is 0 Å². The Kier molecular flexibility index (Phi) is 20.1. The van der Waals surface area contributed by atoms with Gasteiger partial charge in [-0.25, -0.2) is 0 Å². The van der Waals surface area contributed by atoms with Crippen LogP contribution in [-0.2, 0) is 4.79 Å². The smallest absolute Gasteiger partial charge is 0.246 e. The molecule has 2 aliphatic carbocycles. The van der Waals surface area contributed by atoms with E-state index in [2.05, 4.69) is 120 Å². The third kappa shape index (κ3) is 13.4. The number of rotatable bonds is 19. The Hall–Kier alpha value is -3.07. The average molecular weight is 720 g/mol. The summed E-state index contributed by atoms with van der Waals surface area (Å²) in [7, 11) is 0. The first-order valence-corrected chi connectivity index (χ1v) is 20.6. The SMILES string of the molecule is C#CCCC(C)C(=C)C(=C)NCC.C=C(CCC(NC(=C)NC(C(=O)N1C[C@@H]2C(C)[C@@H]2C1C(=C)CC)C1(C)CCCCC1)C(C)(C)C)NCC.CC. The summed E-state index contributed by atoms with van der Waals surface area (Å²) >= 11 is 0. The molecule has 3 aliphatic rings. The van der Waals surface area contributed by atoms with E-state index in [-0.39, 0.29) is 34.9 Å². The van der Waals surface area contributed by atoms with E-state index in [9.17, 15) is 4.79 Å². The Morgan fingerprint density at radius 2 is 1.56 bits per heavy atom.